The van der Waals surface area contributed by atoms with E-state index >= 15 is 0 Å². The Labute approximate surface area is 95.3 Å². The lowest BCUT2D eigenvalue weighted by molar-refractivity contribution is 0.0898. The smallest absolute Gasteiger partial charge is 0.175 e. The normalized spacial score (nSPS) is 12.8. The minimum absolute atomic E-state index is 0.0578. The Kier molecular flexibility index (Phi) is 4.48. The van der Waals surface area contributed by atoms with Gasteiger partial charge in [0.15, 0.2) is 5.78 Å². The molecule has 0 saturated heterocycles. The van der Waals surface area contributed by atoms with Crippen LogP contribution in [0.15, 0.2) is 6.07 Å². The van der Waals surface area contributed by atoms with E-state index in [-0.39, 0.29) is 11.7 Å². The summed E-state index contributed by atoms with van der Waals surface area (Å²) in [5.41, 5.74) is 1.21. The van der Waals surface area contributed by atoms with Gasteiger partial charge in [0.1, 0.15) is 0 Å². The quantitative estimate of drug-likeness (QED) is 0.721. The number of carbonyl (C=O) groups excluding carboxylic acids is 1. The number of rotatable bonds is 5. The molecule has 0 aromatic carbocycles. The van der Waals surface area contributed by atoms with Gasteiger partial charge in [0.25, 0.3) is 0 Å². The lowest BCUT2D eigenvalue weighted by atomic mass is 10.0. The molecular weight excluding hydrogens is 208 g/mol. The fourth-order valence-corrected chi connectivity index (χ4v) is 2.45. The molecule has 1 unspecified atom stereocenters. The highest BCUT2D eigenvalue weighted by atomic mass is 32.1. The van der Waals surface area contributed by atoms with E-state index in [0.29, 0.717) is 6.61 Å². The van der Waals surface area contributed by atoms with Crippen LogP contribution in [-0.2, 0) is 4.74 Å². The van der Waals surface area contributed by atoms with Gasteiger partial charge in [0, 0.05) is 24.5 Å². The van der Waals surface area contributed by atoms with Crippen LogP contribution in [-0.4, -0.2) is 19.5 Å². The van der Waals surface area contributed by atoms with Gasteiger partial charge in [0.05, 0.1) is 4.88 Å². The van der Waals surface area contributed by atoms with E-state index in [1.807, 2.05) is 19.9 Å². The van der Waals surface area contributed by atoms with Crippen LogP contribution < -0.4 is 0 Å². The summed E-state index contributed by atoms with van der Waals surface area (Å²) >= 11 is 1.59. The van der Waals surface area contributed by atoms with E-state index in [9.17, 15) is 4.79 Å². The van der Waals surface area contributed by atoms with Gasteiger partial charge in [-0.2, -0.15) is 0 Å². The van der Waals surface area contributed by atoms with Gasteiger partial charge in [-0.3, -0.25) is 4.79 Å². The van der Waals surface area contributed by atoms with Crippen LogP contribution in [0.5, 0.6) is 0 Å². The van der Waals surface area contributed by atoms with Gasteiger partial charge < -0.3 is 4.74 Å². The van der Waals surface area contributed by atoms with Crippen LogP contribution >= 0.6 is 11.3 Å². The summed E-state index contributed by atoms with van der Waals surface area (Å²) in [6.45, 7) is 6.71. The molecule has 0 bridgehead atoms. The number of hydrogen-bond acceptors (Lipinski definition) is 3. The van der Waals surface area contributed by atoms with Gasteiger partial charge in [-0.15, -0.1) is 11.3 Å². The highest BCUT2D eigenvalue weighted by Gasteiger charge is 2.17. The van der Waals surface area contributed by atoms with Gasteiger partial charge in [-0.25, -0.2) is 0 Å². The van der Waals surface area contributed by atoms with E-state index in [2.05, 4.69) is 6.92 Å². The summed E-state index contributed by atoms with van der Waals surface area (Å²) < 4.78 is 4.98. The SMILES string of the molecule is COCCC(C)C(=O)c1cc(C)c(C)s1. The molecule has 1 aromatic rings. The average Bonchev–Trinajstić information content (AvgIpc) is 2.54. The highest BCUT2D eigenvalue weighted by molar-refractivity contribution is 7.14. The number of carbonyl (C=O) groups is 1. The van der Waals surface area contributed by atoms with Crippen molar-refractivity contribution in [2.45, 2.75) is 27.2 Å². The lowest BCUT2D eigenvalue weighted by Crippen LogP contribution is -2.12. The van der Waals surface area contributed by atoms with Crippen molar-refractivity contribution in [3.05, 3.63) is 21.4 Å². The molecule has 0 spiro atoms. The largest absolute Gasteiger partial charge is 0.385 e. The third kappa shape index (κ3) is 3.14. The number of ketones is 1. The molecule has 1 rings (SSSR count). The third-order valence-electron chi connectivity index (χ3n) is 2.61. The maximum atomic E-state index is 12.0. The van der Waals surface area contributed by atoms with Crippen molar-refractivity contribution in [2.75, 3.05) is 13.7 Å². The van der Waals surface area contributed by atoms with Gasteiger partial charge in [-0.05, 0) is 31.9 Å². The molecule has 1 heterocycles. The molecule has 0 N–H and O–H groups in total. The molecule has 0 aliphatic rings. The summed E-state index contributed by atoms with van der Waals surface area (Å²) in [5, 5.41) is 0. The van der Waals surface area contributed by atoms with E-state index < -0.39 is 0 Å². The second-order valence-corrected chi connectivity index (χ2v) is 5.15. The molecular formula is C12H18O2S. The van der Waals surface area contributed by atoms with Crippen molar-refractivity contribution in [2.24, 2.45) is 5.92 Å². The predicted molar refractivity (Wildman–Crippen MR) is 63.8 cm³/mol. The fraction of sp³-hybridized carbons (Fsp3) is 0.583. The number of hydrogen-bond donors (Lipinski definition) is 0. The Morgan fingerprint density at radius 1 is 1.53 bits per heavy atom. The lowest BCUT2D eigenvalue weighted by Gasteiger charge is -2.07. The summed E-state index contributed by atoms with van der Waals surface area (Å²) in [5.74, 6) is 0.302. The summed E-state index contributed by atoms with van der Waals surface area (Å²) in [6.07, 6.45) is 0.797. The molecule has 2 nitrogen and oxygen atoms in total. The Bertz CT molecular complexity index is 322. The highest BCUT2D eigenvalue weighted by Crippen LogP contribution is 2.24. The van der Waals surface area contributed by atoms with Crippen LogP contribution in [0.25, 0.3) is 0 Å². The van der Waals surface area contributed by atoms with Crippen LogP contribution in [0.1, 0.15) is 33.5 Å². The second-order valence-electron chi connectivity index (χ2n) is 3.90. The van der Waals surface area contributed by atoms with Crippen molar-refractivity contribution in [3.8, 4) is 0 Å². The molecule has 1 aromatic heterocycles. The standard InChI is InChI=1S/C12H18O2S/c1-8(5-6-14-4)12(13)11-7-9(2)10(3)15-11/h7-8H,5-6H2,1-4H3. The Morgan fingerprint density at radius 2 is 2.20 bits per heavy atom. The van der Waals surface area contributed by atoms with Crippen molar-refractivity contribution in [3.63, 3.8) is 0 Å². The number of ether oxygens (including phenoxy) is 1. The average molecular weight is 226 g/mol. The van der Waals surface area contributed by atoms with E-state index in [4.69, 9.17) is 4.74 Å². The first-order chi connectivity index (χ1) is 7.06. The van der Waals surface area contributed by atoms with Crippen LogP contribution in [0.3, 0.4) is 0 Å². The minimum atomic E-state index is 0.0578. The molecule has 0 aliphatic carbocycles. The topological polar surface area (TPSA) is 26.3 Å². The van der Waals surface area contributed by atoms with Gasteiger partial charge >= 0.3 is 0 Å². The third-order valence-corrected chi connectivity index (χ3v) is 3.78. The molecule has 84 valence electrons. The second kappa shape index (κ2) is 5.42. The van der Waals surface area contributed by atoms with Crippen molar-refractivity contribution in [1.29, 1.82) is 0 Å². The number of methoxy groups -OCH3 is 1. The zero-order valence-electron chi connectivity index (χ0n) is 9.79. The molecule has 0 saturated carbocycles. The Balaban J connectivity index is 2.67. The van der Waals surface area contributed by atoms with Crippen molar-refractivity contribution in [1.82, 2.24) is 0 Å². The number of Topliss-reactive ketones (excluding diaryl/α,β-unsaturated/α-hetero) is 1. The van der Waals surface area contributed by atoms with Gasteiger partial charge in [-0.1, -0.05) is 6.92 Å². The van der Waals surface area contributed by atoms with Crippen LogP contribution in [0, 0.1) is 19.8 Å². The van der Waals surface area contributed by atoms with Crippen LogP contribution in [0.4, 0.5) is 0 Å². The first-order valence-electron chi connectivity index (χ1n) is 5.16. The predicted octanol–water partition coefficient (Wildman–Crippen LogP) is 3.22. The summed E-state index contributed by atoms with van der Waals surface area (Å²) in [7, 11) is 1.66. The maximum Gasteiger partial charge on any atom is 0.175 e. The summed E-state index contributed by atoms with van der Waals surface area (Å²) in [6, 6.07) is 1.99. The maximum absolute atomic E-state index is 12.0. The van der Waals surface area contributed by atoms with E-state index in [1.165, 1.54) is 10.4 Å². The molecule has 1 atom stereocenters. The first kappa shape index (κ1) is 12.4. The van der Waals surface area contributed by atoms with Gasteiger partial charge in [0.2, 0.25) is 0 Å². The molecule has 0 amide bonds. The molecule has 0 fully saturated rings. The monoisotopic (exact) mass is 226 g/mol. The first-order valence-corrected chi connectivity index (χ1v) is 5.98. The zero-order valence-corrected chi connectivity index (χ0v) is 10.6. The van der Waals surface area contributed by atoms with Crippen molar-refractivity contribution < 1.29 is 9.53 Å². The minimum Gasteiger partial charge on any atom is -0.385 e. The van der Waals surface area contributed by atoms with E-state index in [1.54, 1.807) is 18.4 Å². The Morgan fingerprint density at radius 3 is 2.67 bits per heavy atom. The Hall–Kier alpha value is -0.670. The van der Waals surface area contributed by atoms with E-state index in [0.717, 1.165) is 11.3 Å². The molecule has 0 radical (unpaired) electrons. The zero-order chi connectivity index (χ0) is 11.4. The molecule has 3 heteroatoms. The van der Waals surface area contributed by atoms with Crippen molar-refractivity contribution >= 4 is 17.1 Å². The van der Waals surface area contributed by atoms with Crippen LogP contribution in [0.2, 0.25) is 0 Å². The molecule has 15 heavy (non-hydrogen) atoms. The summed E-state index contributed by atoms with van der Waals surface area (Å²) in [4.78, 5) is 14.1. The molecule has 0 aliphatic heterocycles. The number of aryl methyl sites for hydroxylation is 2. The fourth-order valence-electron chi connectivity index (χ4n) is 1.36. The number of thiophene rings is 1.